The van der Waals surface area contributed by atoms with Gasteiger partial charge in [-0.3, -0.25) is 9.69 Å². The second-order valence-corrected chi connectivity index (χ2v) is 11.6. The Hall–Kier alpha value is -2.81. The number of rotatable bonds is 10. The molecule has 2 heterocycles. The molecule has 2 unspecified atom stereocenters. The first-order valence-electron chi connectivity index (χ1n) is 13.5. The Balaban J connectivity index is 1.05. The minimum absolute atomic E-state index is 0.0416. The molecule has 3 aromatic rings. The molecule has 0 spiro atoms. The number of nitrogens with one attached hydrogen (secondary N) is 1. The van der Waals surface area contributed by atoms with Crippen LogP contribution in [0.5, 0.6) is 11.5 Å². The molecular weight excluding hydrogens is 532 g/mol. The fourth-order valence-corrected chi connectivity index (χ4v) is 6.19. The average Bonchev–Trinajstić information content (AvgIpc) is 2.96. The maximum atomic E-state index is 12.7. The summed E-state index contributed by atoms with van der Waals surface area (Å²) in [6.07, 6.45) is 9.26. The predicted octanol–water partition coefficient (Wildman–Crippen LogP) is 5.51. The van der Waals surface area contributed by atoms with E-state index in [2.05, 4.69) is 32.3 Å². The first kappa shape index (κ1) is 27.7. The highest BCUT2D eigenvalue weighted by atomic mass is 35.5. The minimum atomic E-state index is 0.0416. The zero-order valence-electron chi connectivity index (χ0n) is 22.4. The van der Waals surface area contributed by atoms with E-state index >= 15 is 0 Å². The summed E-state index contributed by atoms with van der Waals surface area (Å²) in [5, 5.41) is 4.63. The molecule has 1 aliphatic carbocycles. The molecule has 1 amide bonds. The lowest BCUT2D eigenvalue weighted by Crippen LogP contribution is -2.59. The molecule has 1 saturated heterocycles. The van der Waals surface area contributed by atoms with Gasteiger partial charge in [-0.25, -0.2) is 9.97 Å². The molecule has 1 N–H and O–H groups in total. The SMILES string of the molecule is COc1ccc(-c2cnc(SCC(=O)NC3CCC3N3CCC(Cc4ccc(Cl)cc4)CC3)nc2)cc1OC. The van der Waals surface area contributed by atoms with Gasteiger partial charge in [0.15, 0.2) is 16.7 Å². The van der Waals surface area contributed by atoms with Gasteiger partial charge in [0, 0.05) is 35.1 Å². The molecule has 2 aliphatic rings. The Labute approximate surface area is 239 Å². The van der Waals surface area contributed by atoms with E-state index in [1.165, 1.54) is 30.2 Å². The van der Waals surface area contributed by atoms with Crippen LogP contribution in [0.3, 0.4) is 0 Å². The third-order valence-electron chi connectivity index (χ3n) is 7.82. The smallest absolute Gasteiger partial charge is 0.230 e. The van der Waals surface area contributed by atoms with Gasteiger partial charge < -0.3 is 14.8 Å². The highest BCUT2D eigenvalue weighted by Crippen LogP contribution is 2.33. The number of methoxy groups -OCH3 is 2. The van der Waals surface area contributed by atoms with Crippen molar-refractivity contribution in [1.29, 1.82) is 0 Å². The number of thioether (sulfide) groups is 1. The molecule has 2 fully saturated rings. The van der Waals surface area contributed by atoms with Gasteiger partial charge in [-0.1, -0.05) is 41.6 Å². The summed E-state index contributed by atoms with van der Waals surface area (Å²) in [5.41, 5.74) is 3.18. The molecule has 1 aliphatic heterocycles. The van der Waals surface area contributed by atoms with Crippen molar-refractivity contribution in [3.8, 4) is 22.6 Å². The van der Waals surface area contributed by atoms with Gasteiger partial charge in [-0.05, 0) is 86.5 Å². The molecule has 7 nitrogen and oxygen atoms in total. The number of ether oxygens (including phenoxy) is 2. The highest BCUT2D eigenvalue weighted by Gasteiger charge is 2.37. The molecule has 0 radical (unpaired) electrons. The van der Waals surface area contributed by atoms with Crippen molar-refractivity contribution in [3.63, 3.8) is 0 Å². The van der Waals surface area contributed by atoms with E-state index < -0.39 is 0 Å². The number of carbonyl (C=O) groups is 1. The van der Waals surface area contributed by atoms with Gasteiger partial charge in [-0.2, -0.15) is 0 Å². The standard InChI is InChI=1S/C30H35ClN4O3S/c1-37-27-10-5-22(16-28(27)38-2)23-17-32-30(33-18-23)39-19-29(36)34-25-8-9-26(25)35-13-11-21(12-14-35)15-20-3-6-24(31)7-4-20/h3-7,10,16-18,21,25-26H,8-9,11-15,19H2,1-2H3,(H,34,36). The van der Waals surface area contributed by atoms with Crippen molar-refractivity contribution in [2.24, 2.45) is 5.92 Å². The molecule has 2 aromatic carbocycles. The van der Waals surface area contributed by atoms with Gasteiger partial charge in [0.1, 0.15) is 0 Å². The van der Waals surface area contributed by atoms with E-state index in [9.17, 15) is 4.79 Å². The monoisotopic (exact) mass is 566 g/mol. The number of carbonyl (C=O) groups excluding carboxylic acids is 1. The van der Waals surface area contributed by atoms with Crippen LogP contribution in [-0.4, -0.2) is 65.9 Å². The number of aromatic nitrogens is 2. The van der Waals surface area contributed by atoms with Crippen LogP contribution in [0.25, 0.3) is 11.1 Å². The molecule has 39 heavy (non-hydrogen) atoms. The molecule has 1 saturated carbocycles. The van der Waals surface area contributed by atoms with Crippen LogP contribution in [0.4, 0.5) is 0 Å². The van der Waals surface area contributed by atoms with Crippen molar-refractivity contribution in [1.82, 2.24) is 20.2 Å². The molecule has 9 heteroatoms. The Morgan fingerprint density at radius 1 is 0.974 bits per heavy atom. The lowest BCUT2D eigenvalue weighted by molar-refractivity contribution is -0.120. The van der Waals surface area contributed by atoms with Gasteiger partial charge in [-0.15, -0.1) is 0 Å². The van der Waals surface area contributed by atoms with Crippen LogP contribution >= 0.6 is 23.4 Å². The zero-order chi connectivity index (χ0) is 27.2. The number of hydrogen-bond donors (Lipinski definition) is 1. The number of amides is 1. The van der Waals surface area contributed by atoms with Crippen LogP contribution < -0.4 is 14.8 Å². The highest BCUT2D eigenvalue weighted by molar-refractivity contribution is 7.99. The van der Waals surface area contributed by atoms with Gasteiger partial charge in [0.05, 0.1) is 20.0 Å². The Morgan fingerprint density at radius 2 is 1.69 bits per heavy atom. The lowest BCUT2D eigenvalue weighted by atomic mass is 9.82. The third kappa shape index (κ3) is 7.04. The topological polar surface area (TPSA) is 76.6 Å². The number of hydrogen-bond acceptors (Lipinski definition) is 7. The quantitative estimate of drug-likeness (QED) is 0.256. The van der Waals surface area contributed by atoms with E-state index in [1.807, 2.05) is 30.3 Å². The Morgan fingerprint density at radius 3 is 2.33 bits per heavy atom. The van der Waals surface area contributed by atoms with Crippen LogP contribution in [0.1, 0.15) is 31.2 Å². The summed E-state index contributed by atoms with van der Waals surface area (Å²) >= 11 is 7.38. The van der Waals surface area contributed by atoms with E-state index in [0.717, 1.165) is 48.5 Å². The van der Waals surface area contributed by atoms with Crippen molar-refractivity contribution < 1.29 is 14.3 Å². The molecule has 5 rings (SSSR count). The van der Waals surface area contributed by atoms with E-state index in [4.69, 9.17) is 21.1 Å². The van der Waals surface area contributed by atoms with Crippen molar-refractivity contribution in [3.05, 3.63) is 65.4 Å². The van der Waals surface area contributed by atoms with Crippen LogP contribution in [0.15, 0.2) is 60.0 Å². The second-order valence-electron chi connectivity index (χ2n) is 10.2. The summed E-state index contributed by atoms with van der Waals surface area (Å²) in [5.74, 6) is 2.39. The van der Waals surface area contributed by atoms with E-state index in [-0.39, 0.29) is 11.9 Å². The summed E-state index contributed by atoms with van der Waals surface area (Å²) < 4.78 is 10.7. The number of likely N-dealkylation sites (tertiary alicyclic amines) is 1. The molecule has 2 atom stereocenters. The van der Waals surface area contributed by atoms with E-state index in [0.29, 0.717) is 34.4 Å². The maximum Gasteiger partial charge on any atom is 0.230 e. The fourth-order valence-electron chi connectivity index (χ4n) is 5.46. The minimum Gasteiger partial charge on any atom is -0.493 e. The van der Waals surface area contributed by atoms with Gasteiger partial charge >= 0.3 is 0 Å². The fraction of sp³-hybridized carbons (Fsp3) is 0.433. The van der Waals surface area contributed by atoms with Gasteiger partial charge in [0.2, 0.25) is 5.91 Å². The maximum absolute atomic E-state index is 12.7. The molecular formula is C30H35ClN4O3S. The van der Waals surface area contributed by atoms with Crippen LogP contribution in [-0.2, 0) is 11.2 Å². The Kier molecular flexibility index (Phi) is 9.27. The second kappa shape index (κ2) is 13.0. The first-order chi connectivity index (χ1) is 19.0. The first-order valence-corrected chi connectivity index (χ1v) is 14.8. The van der Waals surface area contributed by atoms with Crippen molar-refractivity contribution in [2.45, 2.75) is 49.3 Å². The van der Waals surface area contributed by atoms with Gasteiger partial charge in [0.25, 0.3) is 0 Å². The Bertz CT molecular complexity index is 1250. The summed E-state index contributed by atoms with van der Waals surface area (Å²) in [6, 6.07) is 14.6. The molecule has 0 bridgehead atoms. The van der Waals surface area contributed by atoms with Crippen LogP contribution in [0.2, 0.25) is 5.02 Å². The number of nitrogens with zero attached hydrogens (tertiary/aromatic N) is 3. The third-order valence-corrected chi connectivity index (χ3v) is 8.94. The molecule has 206 valence electrons. The predicted molar refractivity (Wildman–Crippen MR) is 156 cm³/mol. The number of halogens is 1. The largest absolute Gasteiger partial charge is 0.493 e. The number of benzene rings is 2. The molecule has 1 aromatic heterocycles. The summed E-state index contributed by atoms with van der Waals surface area (Å²) in [7, 11) is 3.22. The van der Waals surface area contributed by atoms with Crippen LogP contribution in [0, 0.1) is 5.92 Å². The van der Waals surface area contributed by atoms with Crippen molar-refractivity contribution in [2.75, 3.05) is 33.1 Å². The summed E-state index contributed by atoms with van der Waals surface area (Å²) in [6.45, 7) is 2.20. The van der Waals surface area contributed by atoms with Crippen molar-refractivity contribution >= 4 is 29.3 Å². The number of piperidine rings is 1. The normalized spacial score (nSPS) is 19.8. The lowest BCUT2D eigenvalue weighted by Gasteiger charge is -2.47. The van der Waals surface area contributed by atoms with E-state index in [1.54, 1.807) is 26.6 Å². The zero-order valence-corrected chi connectivity index (χ0v) is 24.0. The summed E-state index contributed by atoms with van der Waals surface area (Å²) in [4.78, 5) is 24.2. The average molecular weight is 567 g/mol.